The third-order valence-electron chi connectivity index (χ3n) is 2.17. The quantitative estimate of drug-likeness (QED) is 0.660. The van der Waals surface area contributed by atoms with Crippen molar-refractivity contribution in [2.24, 2.45) is 0 Å². The number of methoxy groups -OCH3 is 2. The highest BCUT2D eigenvalue weighted by molar-refractivity contribution is 5.96. The minimum Gasteiger partial charge on any atom is -0.493 e. The fourth-order valence-corrected chi connectivity index (χ4v) is 1.40. The van der Waals surface area contributed by atoms with E-state index in [4.69, 9.17) is 19.9 Å². The van der Waals surface area contributed by atoms with Crippen LogP contribution in [-0.2, 0) is 4.74 Å². The van der Waals surface area contributed by atoms with Crippen LogP contribution < -0.4 is 15.2 Å². The summed E-state index contributed by atoms with van der Waals surface area (Å²) in [7, 11) is 3.00. The summed E-state index contributed by atoms with van der Waals surface area (Å²) in [5.41, 5.74) is 5.79. The Bertz CT molecular complexity index is 449. The van der Waals surface area contributed by atoms with Gasteiger partial charge in [0.2, 0.25) is 0 Å². The summed E-state index contributed by atoms with van der Waals surface area (Å²) in [4.78, 5) is 12.0. The lowest BCUT2D eigenvalue weighted by Crippen LogP contribution is -2.24. The fourth-order valence-electron chi connectivity index (χ4n) is 1.40. The second kappa shape index (κ2) is 5.16. The van der Waals surface area contributed by atoms with Crippen LogP contribution in [0.4, 0.5) is 5.69 Å². The minimum atomic E-state index is -0.573. The Labute approximate surface area is 107 Å². The van der Waals surface area contributed by atoms with Crippen LogP contribution in [0.2, 0.25) is 0 Å². The van der Waals surface area contributed by atoms with Crippen LogP contribution in [0.15, 0.2) is 12.1 Å². The SMILES string of the molecule is COc1cc(N)c(C(=O)OC(C)(C)C)cc1OC. The molecule has 1 aromatic rings. The van der Waals surface area contributed by atoms with Gasteiger partial charge in [-0.2, -0.15) is 0 Å². The van der Waals surface area contributed by atoms with E-state index in [1.165, 1.54) is 26.4 Å². The molecule has 0 bridgehead atoms. The number of benzene rings is 1. The Hall–Kier alpha value is -1.91. The van der Waals surface area contributed by atoms with Gasteiger partial charge in [-0.25, -0.2) is 4.79 Å². The number of nitrogens with two attached hydrogens (primary N) is 1. The van der Waals surface area contributed by atoms with Gasteiger partial charge in [0.15, 0.2) is 11.5 Å². The first-order chi connectivity index (χ1) is 8.28. The number of rotatable bonds is 3. The highest BCUT2D eigenvalue weighted by Gasteiger charge is 2.21. The molecular weight excluding hydrogens is 234 g/mol. The van der Waals surface area contributed by atoms with E-state index in [1.807, 2.05) is 0 Å². The zero-order valence-electron chi connectivity index (χ0n) is 11.4. The van der Waals surface area contributed by atoms with Gasteiger partial charge in [-0.15, -0.1) is 0 Å². The van der Waals surface area contributed by atoms with E-state index >= 15 is 0 Å². The molecule has 0 radical (unpaired) electrons. The van der Waals surface area contributed by atoms with Crippen molar-refractivity contribution in [2.45, 2.75) is 26.4 Å². The lowest BCUT2D eigenvalue weighted by molar-refractivity contribution is 0.00704. The van der Waals surface area contributed by atoms with Gasteiger partial charge in [0.1, 0.15) is 5.60 Å². The average molecular weight is 253 g/mol. The summed E-state index contributed by atoms with van der Waals surface area (Å²) in [6, 6.07) is 3.06. The van der Waals surface area contributed by atoms with E-state index in [0.29, 0.717) is 17.2 Å². The molecule has 18 heavy (non-hydrogen) atoms. The summed E-state index contributed by atoms with van der Waals surface area (Å²) in [6.07, 6.45) is 0. The molecule has 5 nitrogen and oxygen atoms in total. The summed E-state index contributed by atoms with van der Waals surface area (Å²) < 4.78 is 15.5. The normalized spacial score (nSPS) is 10.9. The van der Waals surface area contributed by atoms with E-state index in [-0.39, 0.29) is 5.56 Å². The molecule has 1 aromatic carbocycles. The van der Waals surface area contributed by atoms with Crippen LogP contribution in [0.5, 0.6) is 11.5 Å². The molecule has 0 heterocycles. The van der Waals surface area contributed by atoms with E-state index < -0.39 is 11.6 Å². The van der Waals surface area contributed by atoms with Crippen molar-refractivity contribution >= 4 is 11.7 Å². The molecule has 0 unspecified atom stereocenters. The molecule has 100 valence electrons. The second-order valence-corrected chi connectivity index (χ2v) is 4.80. The number of esters is 1. The Balaban J connectivity index is 3.13. The smallest absolute Gasteiger partial charge is 0.340 e. The van der Waals surface area contributed by atoms with E-state index in [9.17, 15) is 4.79 Å². The molecule has 0 saturated heterocycles. The minimum absolute atomic E-state index is 0.266. The zero-order chi connectivity index (χ0) is 13.9. The third kappa shape index (κ3) is 3.29. The first-order valence-corrected chi connectivity index (χ1v) is 5.53. The second-order valence-electron chi connectivity index (χ2n) is 4.80. The largest absolute Gasteiger partial charge is 0.493 e. The first-order valence-electron chi connectivity index (χ1n) is 5.53. The van der Waals surface area contributed by atoms with Gasteiger partial charge in [-0.05, 0) is 20.8 Å². The number of hydrogen-bond donors (Lipinski definition) is 1. The maximum atomic E-state index is 12.0. The van der Waals surface area contributed by atoms with Gasteiger partial charge >= 0.3 is 5.97 Å². The molecule has 0 aromatic heterocycles. The van der Waals surface area contributed by atoms with Crippen LogP contribution in [0.25, 0.3) is 0 Å². The third-order valence-corrected chi connectivity index (χ3v) is 2.17. The topological polar surface area (TPSA) is 70.8 Å². The van der Waals surface area contributed by atoms with Gasteiger partial charge in [-0.1, -0.05) is 0 Å². The van der Waals surface area contributed by atoms with Gasteiger partial charge in [0.25, 0.3) is 0 Å². The van der Waals surface area contributed by atoms with Crippen LogP contribution in [0, 0.1) is 0 Å². The van der Waals surface area contributed by atoms with E-state index in [2.05, 4.69) is 0 Å². The van der Waals surface area contributed by atoms with E-state index in [0.717, 1.165) is 0 Å². The van der Waals surface area contributed by atoms with Crippen molar-refractivity contribution in [3.05, 3.63) is 17.7 Å². The Morgan fingerprint density at radius 3 is 2.06 bits per heavy atom. The molecule has 0 aliphatic rings. The Kier molecular flexibility index (Phi) is 4.06. The van der Waals surface area contributed by atoms with Gasteiger partial charge in [-0.3, -0.25) is 0 Å². The lowest BCUT2D eigenvalue weighted by Gasteiger charge is -2.20. The molecule has 1 rings (SSSR count). The van der Waals surface area contributed by atoms with Crippen molar-refractivity contribution in [1.82, 2.24) is 0 Å². The predicted molar refractivity (Wildman–Crippen MR) is 69.1 cm³/mol. The van der Waals surface area contributed by atoms with Crippen LogP contribution in [-0.4, -0.2) is 25.8 Å². The standard InChI is InChI=1S/C13H19NO4/c1-13(2,3)18-12(15)8-6-10(16-4)11(17-5)7-9(8)14/h6-7H,14H2,1-5H3. The maximum Gasteiger partial charge on any atom is 0.340 e. The fraction of sp³-hybridized carbons (Fsp3) is 0.462. The van der Waals surface area contributed by atoms with Crippen molar-refractivity contribution in [2.75, 3.05) is 20.0 Å². The molecular formula is C13H19NO4. The molecule has 2 N–H and O–H groups in total. The lowest BCUT2D eigenvalue weighted by atomic mass is 10.1. The summed E-state index contributed by atoms with van der Waals surface area (Å²) in [6.45, 7) is 5.38. The highest BCUT2D eigenvalue weighted by atomic mass is 16.6. The zero-order valence-corrected chi connectivity index (χ0v) is 11.4. The Morgan fingerprint density at radius 2 is 1.61 bits per heavy atom. The van der Waals surface area contributed by atoms with Crippen LogP contribution in [0.3, 0.4) is 0 Å². The van der Waals surface area contributed by atoms with Crippen molar-refractivity contribution in [1.29, 1.82) is 0 Å². The molecule has 0 aliphatic heterocycles. The van der Waals surface area contributed by atoms with Crippen LogP contribution in [0.1, 0.15) is 31.1 Å². The number of ether oxygens (including phenoxy) is 3. The van der Waals surface area contributed by atoms with Crippen molar-refractivity contribution < 1.29 is 19.0 Å². The summed E-state index contributed by atoms with van der Waals surface area (Å²) in [5.74, 6) is 0.427. The number of carbonyl (C=O) groups is 1. The average Bonchev–Trinajstić information content (AvgIpc) is 2.26. The molecule has 5 heteroatoms. The van der Waals surface area contributed by atoms with Gasteiger partial charge in [0, 0.05) is 12.1 Å². The Morgan fingerprint density at radius 1 is 1.11 bits per heavy atom. The van der Waals surface area contributed by atoms with Crippen molar-refractivity contribution in [3.63, 3.8) is 0 Å². The number of anilines is 1. The first kappa shape index (κ1) is 14.2. The molecule has 0 amide bonds. The van der Waals surface area contributed by atoms with Gasteiger partial charge < -0.3 is 19.9 Å². The monoisotopic (exact) mass is 253 g/mol. The molecule has 0 saturated carbocycles. The summed E-state index contributed by atoms with van der Waals surface area (Å²) in [5, 5.41) is 0. The van der Waals surface area contributed by atoms with E-state index in [1.54, 1.807) is 20.8 Å². The molecule has 0 aliphatic carbocycles. The van der Waals surface area contributed by atoms with Crippen LogP contribution >= 0.6 is 0 Å². The molecule has 0 atom stereocenters. The van der Waals surface area contributed by atoms with Gasteiger partial charge in [0.05, 0.1) is 25.5 Å². The number of carbonyl (C=O) groups excluding carboxylic acids is 1. The summed E-state index contributed by atoms with van der Waals surface area (Å²) >= 11 is 0. The number of nitrogen functional groups attached to an aromatic ring is 1. The number of hydrogen-bond acceptors (Lipinski definition) is 5. The van der Waals surface area contributed by atoms with Crippen molar-refractivity contribution in [3.8, 4) is 11.5 Å². The maximum absolute atomic E-state index is 12.0. The highest BCUT2D eigenvalue weighted by Crippen LogP contribution is 2.32. The molecule has 0 fully saturated rings. The predicted octanol–water partition coefficient (Wildman–Crippen LogP) is 2.24. The molecule has 0 spiro atoms.